The number of aromatic nitrogens is 1. The van der Waals surface area contributed by atoms with Crippen LogP contribution in [-0.4, -0.2) is 30.5 Å². The minimum Gasteiger partial charge on any atom is -0.384 e. The molecule has 84 valence electrons. The molecule has 0 bridgehead atoms. The number of nitrogens with zero attached hydrogens (tertiary/aromatic N) is 2. The van der Waals surface area contributed by atoms with Crippen LogP contribution >= 0.6 is 0 Å². The number of pyridine rings is 1. The van der Waals surface area contributed by atoms with Gasteiger partial charge in [-0.1, -0.05) is 0 Å². The normalized spacial score (nSPS) is 28.5. The Hall–Kier alpha value is -1.62. The largest absolute Gasteiger partial charge is 0.384 e. The number of fused-ring (bicyclic) bond motifs is 1. The molecule has 2 aliphatic rings. The summed E-state index contributed by atoms with van der Waals surface area (Å²) in [7, 11) is 0. The molecule has 3 rings (SSSR count). The van der Waals surface area contributed by atoms with Crippen molar-refractivity contribution in [3.63, 3.8) is 0 Å². The molecule has 0 unspecified atom stereocenters. The molecule has 0 radical (unpaired) electrons. The van der Waals surface area contributed by atoms with Gasteiger partial charge in [-0.15, -0.1) is 0 Å². The topological polar surface area (TPSA) is 71.2 Å². The minimum absolute atomic E-state index is 0.151. The maximum absolute atomic E-state index is 12.1. The van der Waals surface area contributed by atoms with Crippen molar-refractivity contribution >= 4 is 17.4 Å². The van der Waals surface area contributed by atoms with Gasteiger partial charge >= 0.3 is 0 Å². The van der Waals surface area contributed by atoms with E-state index in [1.165, 1.54) is 0 Å². The first-order chi connectivity index (χ1) is 7.75. The van der Waals surface area contributed by atoms with Crippen LogP contribution in [0.3, 0.4) is 0 Å². The molecule has 2 atom stereocenters. The Morgan fingerprint density at radius 3 is 3.00 bits per heavy atom. The van der Waals surface area contributed by atoms with Crippen LogP contribution in [-0.2, 0) is 4.79 Å². The summed E-state index contributed by atoms with van der Waals surface area (Å²) in [5, 5.41) is 3.25. The van der Waals surface area contributed by atoms with Gasteiger partial charge < -0.3 is 16.0 Å². The molecule has 0 saturated carbocycles. The van der Waals surface area contributed by atoms with Gasteiger partial charge in [0.2, 0.25) is 5.91 Å². The number of nitrogens with two attached hydrogens (primary N) is 1. The highest BCUT2D eigenvalue weighted by Gasteiger charge is 2.43. The van der Waals surface area contributed by atoms with Crippen molar-refractivity contribution in [3.05, 3.63) is 18.3 Å². The van der Waals surface area contributed by atoms with Gasteiger partial charge in [-0.2, -0.15) is 0 Å². The summed E-state index contributed by atoms with van der Waals surface area (Å²) in [4.78, 5) is 17.9. The number of nitrogens with one attached hydrogen (secondary N) is 1. The van der Waals surface area contributed by atoms with E-state index in [1.807, 2.05) is 11.0 Å². The first kappa shape index (κ1) is 9.59. The van der Waals surface area contributed by atoms with E-state index in [0.29, 0.717) is 11.7 Å². The van der Waals surface area contributed by atoms with Gasteiger partial charge in [0, 0.05) is 25.6 Å². The summed E-state index contributed by atoms with van der Waals surface area (Å²) in [6.07, 6.45) is 1.67. The molecule has 1 aromatic rings. The third-order valence-electron chi connectivity index (χ3n) is 3.42. The molecule has 0 spiro atoms. The zero-order valence-electron chi connectivity index (χ0n) is 8.89. The van der Waals surface area contributed by atoms with Gasteiger partial charge in [-0.05, 0) is 12.1 Å². The Balaban J connectivity index is 1.86. The van der Waals surface area contributed by atoms with Crippen LogP contribution in [0.1, 0.15) is 0 Å². The van der Waals surface area contributed by atoms with Gasteiger partial charge in [0.25, 0.3) is 0 Å². The Kier molecular flexibility index (Phi) is 2.07. The van der Waals surface area contributed by atoms with E-state index < -0.39 is 0 Å². The molecule has 0 aromatic carbocycles. The Labute approximate surface area is 93.6 Å². The Bertz CT molecular complexity index is 416. The van der Waals surface area contributed by atoms with Crippen molar-refractivity contribution in [3.8, 4) is 0 Å². The number of rotatable bonds is 1. The molecule has 16 heavy (non-hydrogen) atoms. The van der Waals surface area contributed by atoms with Crippen molar-refractivity contribution in [2.75, 3.05) is 30.3 Å². The number of carbonyl (C=O) groups is 1. The van der Waals surface area contributed by atoms with Gasteiger partial charge in [0.1, 0.15) is 5.82 Å². The highest BCUT2D eigenvalue weighted by molar-refractivity contribution is 5.98. The van der Waals surface area contributed by atoms with Crippen LogP contribution in [0.2, 0.25) is 0 Å². The average molecular weight is 218 g/mol. The van der Waals surface area contributed by atoms with Gasteiger partial charge in [-0.3, -0.25) is 4.79 Å². The maximum Gasteiger partial charge on any atom is 0.231 e. The quantitative estimate of drug-likeness (QED) is 0.687. The molecule has 5 nitrogen and oxygen atoms in total. The molecule has 1 aromatic heterocycles. The second kappa shape index (κ2) is 3.45. The number of anilines is 2. The monoisotopic (exact) mass is 218 g/mol. The van der Waals surface area contributed by atoms with Gasteiger partial charge in [0.15, 0.2) is 0 Å². The summed E-state index contributed by atoms with van der Waals surface area (Å²) in [6, 6.07) is 3.59. The third-order valence-corrected chi connectivity index (χ3v) is 3.42. The van der Waals surface area contributed by atoms with Crippen molar-refractivity contribution < 1.29 is 4.79 Å². The number of hydrogen-bond acceptors (Lipinski definition) is 4. The maximum atomic E-state index is 12.1. The van der Waals surface area contributed by atoms with Crippen molar-refractivity contribution in [2.45, 2.75) is 0 Å². The standard InChI is InChI=1S/C11H14N4O/c12-10-2-1-8(4-14-10)15-6-7-3-13-5-9(7)11(15)16/h1-2,4,7,9,13H,3,5-6H2,(H2,12,14)/t7-,9-/m1/s1. The molecule has 0 aliphatic carbocycles. The second-order valence-electron chi connectivity index (χ2n) is 4.41. The van der Waals surface area contributed by atoms with E-state index in [0.717, 1.165) is 25.3 Å². The smallest absolute Gasteiger partial charge is 0.231 e. The predicted octanol–water partition coefficient (Wildman–Crippen LogP) is -0.154. The number of nitrogen functional groups attached to an aromatic ring is 1. The van der Waals surface area contributed by atoms with E-state index >= 15 is 0 Å². The zero-order valence-corrected chi connectivity index (χ0v) is 8.89. The SMILES string of the molecule is Nc1ccc(N2C[C@H]3CNC[C@H]3C2=O)cn1. The molecule has 1 amide bonds. The summed E-state index contributed by atoms with van der Waals surface area (Å²) >= 11 is 0. The minimum atomic E-state index is 0.151. The van der Waals surface area contributed by atoms with Crippen LogP contribution in [0.4, 0.5) is 11.5 Å². The van der Waals surface area contributed by atoms with E-state index in [4.69, 9.17) is 5.73 Å². The van der Waals surface area contributed by atoms with Crippen LogP contribution in [0.25, 0.3) is 0 Å². The summed E-state index contributed by atoms with van der Waals surface area (Å²) < 4.78 is 0. The van der Waals surface area contributed by atoms with Crippen molar-refractivity contribution in [1.82, 2.24) is 10.3 Å². The summed E-state index contributed by atoms with van der Waals surface area (Å²) in [6.45, 7) is 2.54. The lowest BCUT2D eigenvalue weighted by Gasteiger charge is -2.17. The van der Waals surface area contributed by atoms with Crippen LogP contribution in [0.5, 0.6) is 0 Å². The molecule has 3 heterocycles. The zero-order chi connectivity index (χ0) is 11.1. The van der Waals surface area contributed by atoms with Crippen LogP contribution < -0.4 is 16.0 Å². The molecular formula is C11H14N4O. The summed E-state index contributed by atoms with van der Waals surface area (Å²) in [5.41, 5.74) is 6.38. The van der Waals surface area contributed by atoms with Crippen molar-refractivity contribution in [2.24, 2.45) is 11.8 Å². The van der Waals surface area contributed by atoms with Gasteiger partial charge in [0.05, 0.1) is 17.8 Å². The summed E-state index contributed by atoms with van der Waals surface area (Å²) in [5.74, 6) is 1.29. The average Bonchev–Trinajstić information content (AvgIpc) is 2.84. The Morgan fingerprint density at radius 1 is 1.44 bits per heavy atom. The highest BCUT2D eigenvalue weighted by atomic mass is 16.2. The lowest BCUT2D eigenvalue weighted by atomic mass is 10.0. The molecule has 2 fully saturated rings. The lowest BCUT2D eigenvalue weighted by molar-refractivity contribution is -0.120. The Morgan fingerprint density at radius 2 is 2.31 bits per heavy atom. The van der Waals surface area contributed by atoms with E-state index in [-0.39, 0.29) is 11.8 Å². The van der Waals surface area contributed by atoms with E-state index in [9.17, 15) is 4.79 Å². The number of amides is 1. The van der Waals surface area contributed by atoms with Gasteiger partial charge in [-0.25, -0.2) is 4.98 Å². The number of carbonyl (C=O) groups excluding carboxylic acids is 1. The van der Waals surface area contributed by atoms with E-state index in [1.54, 1.807) is 12.3 Å². The van der Waals surface area contributed by atoms with Crippen LogP contribution in [0, 0.1) is 11.8 Å². The van der Waals surface area contributed by atoms with E-state index in [2.05, 4.69) is 10.3 Å². The highest BCUT2D eigenvalue weighted by Crippen LogP contribution is 2.31. The third kappa shape index (κ3) is 1.36. The lowest BCUT2D eigenvalue weighted by Crippen LogP contribution is -2.30. The number of hydrogen-bond donors (Lipinski definition) is 2. The fraction of sp³-hybridized carbons (Fsp3) is 0.455. The molecular weight excluding hydrogens is 204 g/mol. The van der Waals surface area contributed by atoms with Crippen LogP contribution in [0.15, 0.2) is 18.3 Å². The molecule has 3 N–H and O–H groups in total. The fourth-order valence-corrected chi connectivity index (χ4v) is 2.53. The van der Waals surface area contributed by atoms with Crippen molar-refractivity contribution in [1.29, 1.82) is 0 Å². The second-order valence-corrected chi connectivity index (χ2v) is 4.41. The molecule has 2 saturated heterocycles. The fourth-order valence-electron chi connectivity index (χ4n) is 2.53. The first-order valence-corrected chi connectivity index (χ1v) is 5.49. The predicted molar refractivity (Wildman–Crippen MR) is 60.9 cm³/mol. The molecule has 2 aliphatic heterocycles. The first-order valence-electron chi connectivity index (χ1n) is 5.49. The molecule has 5 heteroatoms.